The zero-order valence-corrected chi connectivity index (χ0v) is 9.85. The largest absolute Gasteiger partial charge is 0.660 e. The van der Waals surface area contributed by atoms with Crippen LogP contribution in [0, 0.1) is 17.8 Å². The molecular weight excluding hydrogens is 216 g/mol. The van der Waals surface area contributed by atoms with Crippen molar-refractivity contribution in [2.24, 2.45) is 17.8 Å². The van der Waals surface area contributed by atoms with Crippen molar-refractivity contribution in [2.45, 2.75) is 44.1 Å². The quantitative estimate of drug-likeness (QED) is 0.797. The summed E-state index contributed by atoms with van der Waals surface area (Å²) in [5.41, 5.74) is 11.1. The molecule has 0 amide bonds. The molecule has 4 fully saturated rings. The van der Waals surface area contributed by atoms with Gasteiger partial charge in [-0.05, 0) is 56.3 Å². The van der Waals surface area contributed by atoms with Gasteiger partial charge in [-0.3, -0.25) is 0 Å². The van der Waals surface area contributed by atoms with E-state index in [-0.39, 0.29) is 11.4 Å². The lowest BCUT2D eigenvalue weighted by Gasteiger charge is -2.54. The van der Waals surface area contributed by atoms with Crippen molar-refractivity contribution in [3.63, 3.8) is 0 Å². The third kappa shape index (κ3) is 1.51. The van der Waals surface area contributed by atoms with E-state index in [2.05, 4.69) is 10.7 Å². The predicted octanol–water partition coefficient (Wildman–Crippen LogP) is 2.16. The van der Waals surface area contributed by atoms with Gasteiger partial charge in [0.25, 0.3) is 6.20 Å². The highest BCUT2D eigenvalue weighted by Gasteiger charge is 2.53. The molecule has 5 rings (SSSR count). The third-order valence-electron chi connectivity index (χ3n) is 4.86. The Morgan fingerprint density at radius 3 is 2.29 bits per heavy atom. The number of rotatable bonds is 2. The van der Waals surface area contributed by atoms with E-state index in [9.17, 15) is 0 Å². The third-order valence-corrected chi connectivity index (χ3v) is 4.86. The van der Waals surface area contributed by atoms with E-state index in [1.54, 1.807) is 11.0 Å². The van der Waals surface area contributed by atoms with Crippen molar-refractivity contribution in [3.05, 3.63) is 11.9 Å². The van der Waals surface area contributed by atoms with Gasteiger partial charge in [0.1, 0.15) is 5.88 Å². The topological polar surface area (TPSA) is 65.7 Å². The van der Waals surface area contributed by atoms with Gasteiger partial charge in [-0.25, -0.2) is 0 Å². The lowest BCUT2D eigenvalue weighted by atomic mass is 9.53. The van der Waals surface area contributed by atoms with Crippen molar-refractivity contribution in [3.8, 4) is 0 Å². The molecule has 2 N–H and O–H groups in total. The summed E-state index contributed by atoms with van der Waals surface area (Å²) in [6.07, 6.45) is 9.74. The lowest BCUT2D eigenvalue weighted by molar-refractivity contribution is -0.727. The van der Waals surface area contributed by atoms with Gasteiger partial charge in [0.05, 0.1) is 10.3 Å². The van der Waals surface area contributed by atoms with E-state index in [0.29, 0.717) is 0 Å². The smallest absolute Gasteiger partial charge is 0.256 e. The van der Waals surface area contributed by atoms with Crippen molar-refractivity contribution < 1.29 is 9.31 Å². The van der Waals surface area contributed by atoms with E-state index >= 15 is 0 Å². The number of nitrogens with zero attached hydrogens (tertiary/aromatic N) is 2. The van der Waals surface area contributed by atoms with Gasteiger partial charge in [-0.15, -0.1) is 0 Å². The van der Waals surface area contributed by atoms with Gasteiger partial charge in [0.2, 0.25) is 5.27 Å². The molecular formula is C12H18N4O. The standard InChI is InChI=1S/C12H18N4O/c13-11-7-16(15-17-11)14-12-4-8-1-9(5-12)3-10(2-8)6-12/h7-10,13H,1-6H2,(H,14,15). The van der Waals surface area contributed by atoms with Gasteiger partial charge >= 0.3 is 0 Å². The number of hydrogen-bond acceptors (Lipinski definition) is 3. The van der Waals surface area contributed by atoms with Gasteiger partial charge in [0, 0.05) is 0 Å². The predicted molar refractivity (Wildman–Crippen MR) is 60.9 cm³/mol. The Morgan fingerprint density at radius 1 is 1.24 bits per heavy atom. The van der Waals surface area contributed by atoms with E-state index in [0.717, 1.165) is 17.8 Å². The number of hydrogen-bond donors (Lipinski definition) is 1. The molecule has 0 spiro atoms. The van der Waals surface area contributed by atoms with Crippen LogP contribution in [0.25, 0.3) is 5.73 Å². The lowest BCUT2D eigenvalue weighted by Crippen LogP contribution is -2.65. The van der Waals surface area contributed by atoms with Crippen molar-refractivity contribution in [2.75, 3.05) is 5.43 Å². The van der Waals surface area contributed by atoms with Crippen LogP contribution >= 0.6 is 0 Å². The highest BCUT2D eigenvalue weighted by atomic mass is 16.5. The molecule has 0 atom stereocenters. The van der Waals surface area contributed by atoms with Gasteiger partial charge in [-0.2, -0.15) is 5.43 Å². The van der Waals surface area contributed by atoms with Crippen LogP contribution in [-0.2, 0) is 0 Å². The first-order valence-corrected chi connectivity index (χ1v) is 6.59. The second-order valence-corrected chi connectivity index (χ2v) is 6.32. The van der Waals surface area contributed by atoms with Crippen LogP contribution in [0.2, 0.25) is 0 Å². The first-order valence-electron chi connectivity index (χ1n) is 6.59. The molecule has 5 heteroatoms. The number of nitrogens with one attached hydrogen (secondary N) is 2. The Hall–Kier alpha value is -1.26. The highest BCUT2D eigenvalue weighted by molar-refractivity contribution is 5.20. The van der Waals surface area contributed by atoms with Crippen LogP contribution in [0.3, 0.4) is 0 Å². The molecule has 0 radical (unpaired) electrons. The summed E-state index contributed by atoms with van der Waals surface area (Å²) in [4.78, 5) is 1.61. The zero-order chi connectivity index (χ0) is 11.5. The van der Waals surface area contributed by atoms with Crippen molar-refractivity contribution >= 4 is 5.88 Å². The molecule has 0 saturated heterocycles. The summed E-state index contributed by atoms with van der Waals surface area (Å²) in [5.74, 6) is 2.85. The summed E-state index contributed by atoms with van der Waals surface area (Å²) in [6, 6.07) is 0. The minimum absolute atomic E-state index is 0.113. The molecule has 1 aromatic heterocycles. The molecule has 0 unspecified atom stereocenters. The fraction of sp³-hybridized carbons (Fsp3) is 0.833. The molecule has 4 saturated carbocycles. The average molecular weight is 234 g/mol. The van der Waals surface area contributed by atoms with Gasteiger partial charge in [-0.1, -0.05) is 0 Å². The van der Waals surface area contributed by atoms with Crippen LogP contribution in [-0.4, -0.2) is 10.8 Å². The second kappa shape index (κ2) is 3.15. The fourth-order valence-corrected chi connectivity index (χ4v) is 4.79. The maximum absolute atomic E-state index is 7.37. The molecule has 17 heavy (non-hydrogen) atoms. The molecule has 92 valence electrons. The van der Waals surface area contributed by atoms with Gasteiger partial charge in [0.15, 0.2) is 0 Å². The van der Waals surface area contributed by atoms with E-state index in [4.69, 9.17) is 10.3 Å². The molecule has 4 bridgehead atoms. The minimum atomic E-state index is 0.113. The van der Waals surface area contributed by atoms with Crippen molar-refractivity contribution in [1.29, 1.82) is 0 Å². The summed E-state index contributed by atoms with van der Waals surface area (Å²) in [6.45, 7) is 0. The molecule has 5 nitrogen and oxygen atoms in total. The highest BCUT2D eigenvalue weighted by Crippen LogP contribution is 2.55. The van der Waals surface area contributed by atoms with Gasteiger partial charge < -0.3 is 10.3 Å². The van der Waals surface area contributed by atoms with E-state index < -0.39 is 0 Å². The second-order valence-electron chi connectivity index (χ2n) is 6.32. The SMILES string of the molecule is [NH-]c1c[n+](NC23CC4CC(CC(C4)C2)C3)no1. The molecule has 4 aliphatic carbocycles. The van der Waals surface area contributed by atoms with Crippen LogP contribution in [0.4, 0.5) is 5.88 Å². The molecule has 0 aromatic carbocycles. The van der Waals surface area contributed by atoms with Crippen LogP contribution < -0.4 is 10.2 Å². The minimum Gasteiger partial charge on any atom is -0.660 e. The Balaban J connectivity index is 1.60. The Bertz CT molecular complexity index is 406. The summed E-state index contributed by atoms with van der Waals surface area (Å²) in [7, 11) is 0. The Kier molecular flexibility index (Phi) is 1.80. The first-order chi connectivity index (χ1) is 8.21. The fourth-order valence-electron chi connectivity index (χ4n) is 4.79. The molecule has 4 aliphatic rings. The maximum atomic E-state index is 7.37. The molecule has 1 aromatic rings. The molecule has 1 heterocycles. The van der Waals surface area contributed by atoms with Crippen LogP contribution in [0.1, 0.15) is 38.5 Å². The van der Waals surface area contributed by atoms with Crippen LogP contribution in [0.15, 0.2) is 10.7 Å². The van der Waals surface area contributed by atoms with E-state index in [1.165, 1.54) is 38.5 Å². The zero-order valence-electron chi connectivity index (χ0n) is 9.85. The number of aromatic nitrogens is 2. The molecule has 0 aliphatic heterocycles. The Labute approximate surface area is 100 Å². The average Bonchev–Trinajstić information content (AvgIpc) is 2.60. The monoisotopic (exact) mass is 234 g/mol. The Morgan fingerprint density at radius 2 is 1.82 bits per heavy atom. The first kappa shape index (κ1) is 9.74. The van der Waals surface area contributed by atoms with E-state index in [1.807, 2.05) is 0 Å². The summed E-state index contributed by atoms with van der Waals surface area (Å²) >= 11 is 0. The normalized spacial score (nSPS) is 42.9. The summed E-state index contributed by atoms with van der Waals surface area (Å²) < 4.78 is 4.80. The van der Waals surface area contributed by atoms with Crippen molar-refractivity contribution in [1.82, 2.24) is 5.27 Å². The van der Waals surface area contributed by atoms with Crippen LogP contribution in [0.5, 0.6) is 0 Å². The summed E-state index contributed by atoms with van der Waals surface area (Å²) in [5, 5.41) is 3.83. The maximum Gasteiger partial charge on any atom is 0.256 e.